The fourth-order valence-electron chi connectivity index (χ4n) is 4.78. The van der Waals surface area contributed by atoms with Gasteiger partial charge in [-0.25, -0.2) is 18.7 Å². The van der Waals surface area contributed by atoms with Gasteiger partial charge in [-0.1, -0.05) is 11.6 Å². The van der Waals surface area contributed by atoms with Crippen LogP contribution in [0.3, 0.4) is 0 Å². The molecule has 39 heavy (non-hydrogen) atoms. The normalized spacial score (nSPS) is 15.7. The Kier molecular flexibility index (Phi) is 8.40. The number of fused-ring (bicyclic) bond motifs is 1. The van der Waals surface area contributed by atoms with Crippen LogP contribution in [0, 0.1) is 18.6 Å². The van der Waals surface area contributed by atoms with Crippen LogP contribution in [0.15, 0.2) is 54.7 Å². The smallest absolute Gasteiger partial charge is 0.161 e. The fourth-order valence-corrected chi connectivity index (χ4v) is 5.01. The van der Waals surface area contributed by atoms with E-state index in [9.17, 15) is 8.78 Å². The summed E-state index contributed by atoms with van der Waals surface area (Å²) in [4.78, 5) is 13.1. The van der Waals surface area contributed by atoms with Crippen molar-refractivity contribution in [3.8, 4) is 11.3 Å². The fraction of sp³-hybridized carbons (Fsp3) is 0.310. The van der Waals surface area contributed by atoms with E-state index in [1.165, 1.54) is 17.8 Å². The number of aromatic nitrogens is 2. The largest absolute Gasteiger partial charge is 0.397 e. The van der Waals surface area contributed by atoms with Crippen molar-refractivity contribution in [2.75, 3.05) is 68.1 Å². The minimum atomic E-state index is -0.654. The van der Waals surface area contributed by atoms with E-state index in [4.69, 9.17) is 26.8 Å². The third-order valence-corrected chi connectivity index (χ3v) is 7.29. The highest BCUT2D eigenvalue weighted by Gasteiger charge is 2.17. The maximum Gasteiger partial charge on any atom is 0.161 e. The Morgan fingerprint density at radius 1 is 0.872 bits per heavy atom. The molecule has 0 unspecified atom stereocenters. The first-order chi connectivity index (χ1) is 18.9. The topological polar surface area (TPSA) is 76.7 Å². The molecule has 0 atom stereocenters. The molecule has 0 bridgehead atoms. The molecule has 7 nitrogen and oxygen atoms in total. The number of nitrogen functional groups attached to an aromatic ring is 1. The van der Waals surface area contributed by atoms with Crippen LogP contribution in [-0.2, 0) is 9.47 Å². The lowest BCUT2D eigenvalue weighted by Crippen LogP contribution is -2.37. The minimum absolute atomic E-state index is 0.342. The number of hydrogen-bond acceptors (Lipinski definition) is 7. The van der Waals surface area contributed by atoms with Crippen molar-refractivity contribution in [1.82, 2.24) is 9.97 Å². The van der Waals surface area contributed by atoms with E-state index in [1.807, 2.05) is 0 Å². The Labute approximate surface area is 231 Å². The van der Waals surface area contributed by atoms with Gasteiger partial charge in [0, 0.05) is 55.1 Å². The zero-order chi connectivity index (χ0) is 27.4. The average Bonchev–Trinajstić information content (AvgIpc) is 2.96. The molecule has 2 aliphatic rings. The summed E-state index contributed by atoms with van der Waals surface area (Å²) in [5.74, 6) is -1.31. The molecular formula is C29H30ClF2N5O2. The van der Waals surface area contributed by atoms with Crippen molar-refractivity contribution >= 4 is 39.7 Å². The third-order valence-electron chi connectivity index (χ3n) is 6.80. The Morgan fingerprint density at radius 2 is 1.51 bits per heavy atom. The highest BCUT2D eigenvalue weighted by Crippen LogP contribution is 2.33. The Morgan fingerprint density at radius 3 is 2.15 bits per heavy atom. The lowest BCUT2D eigenvalue weighted by molar-refractivity contribution is 0.122. The molecule has 2 N–H and O–H groups in total. The van der Waals surface area contributed by atoms with Crippen LogP contribution in [-0.4, -0.2) is 62.6 Å². The molecule has 204 valence electrons. The zero-order valence-electron chi connectivity index (χ0n) is 21.7. The number of pyridine rings is 2. The van der Waals surface area contributed by atoms with E-state index >= 15 is 0 Å². The van der Waals surface area contributed by atoms with Gasteiger partial charge >= 0.3 is 0 Å². The number of hydrogen-bond donors (Lipinski definition) is 1. The number of anilines is 3. The molecule has 0 amide bonds. The van der Waals surface area contributed by atoms with Gasteiger partial charge in [-0.15, -0.1) is 0 Å². The Hall–Kier alpha value is -3.53. The number of benzene rings is 2. The SMILES string of the molecule is Cc1c(-c2cc(F)cc(F)c2)nc2ncccc2c1Cl.Nc1cc(N2CCOCC2)ccc1N1CCOCC1. The van der Waals surface area contributed by atoms with Crippen LogP contribution in [0.1, 0.15) is 5.56 Å². The molecule has 2 aromatic heterocycles. The van der Waals surface area contributed by atoms with Crippen LogP contribution in [0.2, 0.25) is 5.02 Å². The van der Waals surface area contributed by atoms with E-state index < -0.39 is 11.6 Å². The molecule has 10 heteroatoms. The summed E-state index contributed by atoms with van der Waals surface area (Å²) in [5.41, 5.74) is 11.3. The van der Waals surface area contributed by atoms with Crippen LogP contribution in [0.25, 0.3) is 22.3 Å². The van der Waals surface area contributed by atoms with Crippen molar-refractivity contribution in [3.05, 3.63) is 76.9 Å². The molecule has 4 aromatic rings. The summed E-state index contributed by atoms with van der Waals surface area (Å²) in [7, 11) is 0. The predicted molar refractivity (Wildman–Crippen MR) is 152 cm³/mol. The summed E-state index contributed by atoms with van der Waals surface area (Å²) in [6.07, 6.45) is 1.59. The number of nitrogens with zero attached hydrogens (tertiary/aromatic N) is 4. The number of nitrogens with two attached hydrogens (primary N) is 1. The second-order valence-corrected chi connectivity index (χ2v) is 9.75. The minimum Gasteiger partial charge on any atom is -0.397 e. The van der Waals surface area contributed by atoms with Crippen LogP contribution < -0.4 is 15.5 Å². The maximum absolute atomic E-state index is 13.3. The van der Waals surface area contributed by atoms with Crippen LogP contribution in [0.4, 0.5) is 25.8 Å². The quantitative estimate of drug-likeness (QED) is 0.337. The van der Waals surface area contributed by atoms with E-state index in [-0.39, 0.29) is 0 Å². The molecular weight excluding hydrogens is 524 g/mol. The lowest BCUT2D eigenvalue weighted by atomic mass is 10.0. The predicted octanol–water partition coefficient (Wildman–Crippen LogP) is 5.48. The molecule has 6 rings (SSSR count). The summed E-state index contributed by atoms with van der Waals surface area (Å²) in [6.45, 7) is 8.64. The van der Waals surface area contributed by atoms with E-state index in [1.54, 1.807) is 25.3 Å². The van der Waals surface area contributed by atoms with Gasteiger partial charge in [0.1, 0.15) is 11.6 Å². The average molecular weight is 554 g/mol. The van der Waals surface area contributed by atoms with Crippen molar-refractivity contribution in [1.29, 1.82) is 0 Å². The molecule has 2 saturated heterocycles. The van der Waals surface area contributed by atoms with E-state index in [0.29, 0.717) is 32.9 Å². The number of morpholine rings is 2. The maximum atomic E-state index is 13.3. The number of rotatable bonds is 3. The second kappa shape index (κ2) is 12.1. The van der Waals surface area contributed by atoms with Crippen molar-refractivity contribution < 1.29 is 18.3 Å². The zero-order valence-corrected chi connectivity index (χ0v) is 22.4. The van der Waals surface area contributed by atoms with Crippen molar-refractivity contribution in [2.24, 2.45) is 0 Å². The molecule has 2 aromatic carbocycles. The van der Waals surface area contributed by atoms with Gasteiger partial charge < -0.3 is 25.0 Å². The Bertz CT molecular complexity index is 1440. The van der Waals surface area contributed by atoms with Gasteiger partial charge in [-0.2, -0.15) is 0 Å². The van der Waals surface area contributed by atoms with Crippen LogP contribution >= 0.6 is 11.6 Å². The summed E-state index contributed by atoms with van der Waals surface area (Å²) < 4.78 is 37.4. The molecule has 0 saturated carbocycles. The highest BCUT2D eigenvalue weighted by atomic mass is 35.5. The van der Waals surface area contributed by atoms with E-state index in [2.05, 4.69) is 38.0 Å². The summed E-state index contributed by atoms with van der Waals surface area (Å²) >= 11 is 6.29. The molecule has 4 heterocycles. The first-order valence-electron chi connectivity index (χ1n) is 12.8. The molecule has 0 aliphatic carbocycles. The molecule has 0 radical (unpaired) electrons. The first kappa shape index (κ1) is 27.1. The summed E-state index contributed by atoms with van der Waals surface area (Å²) in [5, 5.41) is 1.20. The van der Waals surface area contributed by atoms with Gasteiger partial charge in [0.15, 0.2) is 5.65 Å². The van der Waals surface area contributed by atoms with E-state index in [0.717, 1.165) is 70.0 Å². The van der Waals surface area contributed by atoms with Gasteiger partial charge in [-0.3, -0.25) is 0 Å². The Balaban J connectivity index is 0.000000158. The molecule has 2 aliphatic heterocycles. The van der Waals surface area contributed by atoms with Gasteiger partial charge in [-0.05, 0) is 55.0 Å². The monoisotopic (exact) mass is 553 g/mol. The van der Waals surface area contributed by atoms with Crippen molar-refractivity contribution in [3.63, 3.8) is 0 Å². The van der Waals surface area contributed by atoms with Gasteiger partial charge in [0.2, 0.25) is 0 Å². The molecule has 0 spiro atoms. The van der Waals surface area contributed by atoms with Gasteiger partial charge in [0.05, 0.1) is 48.5 Å². The third kappa shape index (κ3) is 6.21. The molecule has 2 fully saturated rings. The summed E-state index contributed by atoms with van der Waals surface area (Å²) in [6, 6.07) is 13.2. The standard InChI is InChI=1S/C15H9ClF2N2.C14H21N3O2/c1-8-13(16)12-3-2-4-19-15(12)20-14(8)9-5-10(17)7-11(18)6-9;15-13-11-12(16-3-7-18-8-4-16)1-2-14(13)17-5-9-19-10-6-17/h2-7H,1H3;1-2,11H,3-10,15H2. The first-order valence-corrected chi connectivity index (χ1v) is 13.2. The number of halogens is 3. The number of ether oxygens (including phenoxy) is 2. The highest BCUT2D eigenvalue weighted by molar-refractivity contribution is 6.36. The van der Waals surface area contributed by atoms with Crippen molar-refractivity contribution in [2.45, 2.75) is 6.92 Å². The second-order valence-electron chi connectivity index (χ2n) is 9.37. The van der Waals surface area contributed by atoms with Gasteiger partial charge in [0.25, 0.3) is 0 Å². The lowest BCUT2D eigenvalue weighted by Gasteiger charge is -2.32. The van der Waals surface area contributed by atoms with Crippen LogP contribution in [0.5, 0.6) is 0 Å².